The van der Waals surface area contributed by atoms with Crippen molar-refractivity contribution in [3.8, 4) is 0 Å². The zero-order chi connectivity index (χ0) is 11.5. The van der Waals surface area contributed by atoms with Crippen LogP contribution in [0.5, 0.6) is 0 Å². The normalized spacial score (nSPS) is 18.5. The fourth-order valence-electron chi connectivity index (χ4n) is 1.80. The van der Waals surface area contributed by atoms with Crippen LogP contribution in [0.25, 0.3) is 0 Å². The second-order valence-electron chi connectivity index (χ2n) is 3.68. The Morgan fingerprint density at radius 1 is 1.47 bits per heavy atom. The molecule has 5 heteroatoms. The quantitative estimate of drug-likeness (QED) is 0.437. The zero-order valence-electron chi connectivity index (χ0n) is 9.76. The van der Waals surface area contributed by atoms with Crippen molar-refractivity contribution in [1.82, 2.24) is 4.90 Å². The van der Waals surface area contributed by atoms with Gasteiger partial charge in [0.1, 0.15) is 6.61 Å². The van der Waals surface area contributed by atoms with Crippen LogP contribution < -0.4 is 24.0 Å². The maximum Gasteiger partial charge on any atom is 1.00 e. The first-order chi connectivity index (χ1) is 7.68. The van der Waals surface area contributed by atoms with E-state index in [4.69, 9.17) is 4.74 Å². The van der Waals surface area contributed by atoms with Gasteiger partial charge < -0.3 is 9.84 Å². The van der Waals surface area contributed by atoms with Crippen LogP contribution in [0.1, 0.15) is 5.56 Å². The van der Waals surface area contributed by atoms with E-state index in [0.29, 0.717) is 6.42 Å². The Kier molecular flexibility index (Phi) is 4.68. The number of benzene rings is 1. The third-order valence-corrected chi connectivity index (χ3v) is 2.54. The Bertz CT molecular complexity index is 407. The van der Waals surface area contributed by atoms with E-state index >= 15 is 0 Å². The Morgan fingerprint density at radius 2 is 2.12 bits per heavy atom. The van der Waals surface area contributed by atoms with Crippen molar-refractivity contribution < 1.29 is 33.5 Å². The van der Waals surface area contributed by atoms with Crippen LogP contribution in [0.2, 0.25) is 0 Å². The molecule has 0 spiro atoms. The average Bonchev–Trinajstić information content (AvgIpc) is 2.61. The molecule has 0 saturated carbocycles. The maximum absolute atomic E-state index is 11.3. The third kappa shape index (κ3) is 3.06. The van der Waals surface area contributed by atoms with Gasteiger partial charge in [0.25, 0.3) is 0 Å². The third-order valence-electron chi connectivity index (χ3n) is 2.54. The molecule has 84 valence electrons. The van der Waals surface area contributed by atoms with Gasteiger partial charge in [-0.3, -0.25) is 4.90 Å². The molecular formula is C12H12LiNO3. The molecule has 0 aliphatic carbocycles. The molecule has 1 amide bonds. The molecule has 2 rings (SSSR count). The van der Waals surface area contributed by atoms with E-state index in [-0.39, 0.29) is 31.5 Å². The van der Waals surface area contributed by atoms with Gasteiger partial charge in [0.05, 0.1) is 6.04 Å². The molecule has 1 saturated heterocycles. The van der Waals surface area contributed by atoms with Crippen molar-refractivity contribution in [1.29, 1.82) is 0 Å². The molecule has 1 fully saturated rings. The van der Waals surface area contributed by atoms with Gasteiger partial charge in [-0.15, -0.1) is 0 Å². The second kappa shape index (κ2) is 5.81. The number of amides is 1. The van der Waals surface area contributed by atoms with Gasteiger partial charge in [0.2, 0.25) is 0 Å². The minimum atomic E-state index is -0.596. The van der Waals surface area contributed by atoms with E-state index in [1.807, 2.05) is 30.3 Å². The number of hydrogen-bond donors (Lipinski definition) is 0. The first-order valence-corrected chi connectivity index (χ1v) is 5.04. The Hall–Kier alpha value is -1.37. The maximum atomic E-state index is 11.3. The van der Waals surface area contributed by atoms with E-state index in [1.54, 1.807) is 0 Å². The summed E-state index contributed by atoms with van der Waals surface area (Å²) >= 11 is 0. The molecule has 1 aliphatic rings. The van der Waals surface area contributed by atoms with Gasteiger partial charge in [0, 0.05) is 0 Å². The summed E-state index contributed by atoms with van der Waals surface area (Å²) in [4.78, 5) is 12.3. The van der Waals surface area contributed by atoms with Gasteiger partial charge in [-0.25, -0.2) is 4.79 Å². The molecular weight excluding hydrogens is 213 g/mol. The van der Waals surface area contributed by atoms with E-state index in [1.165, 1.54) is 0 Å². The van der Waals surface area contributed by atoms with E-state index < -0.39 is 12.0 Å². The number of nitrogens with zero attached hydrogens (tertiary/aromatic N) is 1. The SMILES string of the molecule is C=C([O-])N1C(=O)OC[C@H]1Cc1ccccc1.[Li+]. The Balaban J connectivity index is 0.00000144. The zero-order valence-corrected chi connectivity index (χ0v) is 9.76. The summed E-state index contributed by atoms with van der Waals surface area (Å²) in [6.45, 7) is 3.49. The number of carbonyl (C=O) groups excluding carboxylic acids is 1. The Labute approximate surface area is 112 Å². The molecule has 1 aromatic rings. The second-order valence-corrected chi connectivity index (χ2v) is 3.68. The van der Waals surface area contributed by atoms with Crippen molar-refractivity contribution in [3.05, 3.63) is 48.4 Å². The molecule has 1 aromatic carbocycles. The summed E-state index contributed by atoms with van der Waals surface area (Å²) in [6.07, 6.45) is 0.00864. The first-order valence-electron chi connectivity index (χ1n) is 5.04. The van der Waals surface area contributed by atoms with Crippen LogP contribution in [0.15, 0.2) is 42.8 Å². The number of hydrogen-bond acceptors (Lipinski definition) is 3. The van der Waals surface area contributed by atoms with Crippen molar-refractivity contribution in [2.45, 2.75) is 12.5 Å². The van der Waals surface area contributed by atoms with Gasteiger partial charge >= 0.3 is 25.0 Å². The predicted octanol–water partition coefficient (Wildman–Crippen LogP) is -2.11. The summed E-state index contributed by atoms with van der Waals surface area (Å²) in [6, 6.07) is 9.43. The van der Waals surface area contributed by atoms with E-state index in [9.17, 15) is 9.90 Å². The van der Waals surface area contributed by atoms with Gasteiger partial charge in [-0.2, -0.15) is 0 Å². The fraction of sp³-hybridized carbons (Fsp3) is 0.250. The molecule has 0 N–H and O–H groups in total. The number of carbonyl (C=O) groups is 1. The summed E-state index contributed by atoms with van der Waals surface area (Å²) in [5.41, 5.74) is 1.07. The number of rotatable bonds is 3. The molecule has 1 atom stereocenters. The molecule has 0 unspecified atom stereocenters. The summed E-state index contributed by atoms with van der Waals surface area (Å²) in [5.74, 6) is -0.511. The largest absolute Gasteiger partial charge is 1.00 e. The minimum absolute atomic E-state index is 0. The fourth-order valence-corrected chi connectivity index (χ4v) is 1.80. The van der Waals surface area contributed by atoms with Crippen LogP contribution in [0, 0.1) is 0 Å². The molecule has 0 aromatic heterocycles. The number of ether oxygens (including phenoxy) is 1. The molecule has 0 bridgehead atoms. The van der Waals surface area contributed by atoms with Crippen LogP contribution >= 0.6 is 0 Å². The van der Waals surface area contributed by atoms with Crippen molar-refractivity contribution in [2.24, 2.45) is 0 Å². The van der Waals surface area contributed by atoms with Gasteiger partial charge in [0.15, 0.2) is 0 Å². The molecule has 4 nitrogen and oxygen atoms in total. The van der Waals surface area contributed by atoms with Gasteiger partial charge in [-0.1, -0.05) is 36.9 Å². The first kappa shape index (κ1) is 13.7. The standard InChI is InChI=1S/C12H13NO3.Li/c1-9(14)13-11(8-16-12(13)15)7-10-5-3-2-4-6-10;/h2-6,11,14H,1,7-8H2;/q;+1/p-1/t11-;/m1./s1. The molecule has 1 aliphatic heterocycles. The van der Waals surface area contributed by atoms with E-state index in [0.717, 1.165) is 10.5 Å². The average molecular weight is 225 g/mol. The smallest absolute Gasteiger partial charge is 0.860 e. The van der Waals surface area contributed by atoms with Crippen LogP contribution in [-0.4, -0.2) is 23.6 Å². The summed E-state index contributed by atoms with van der Waals surface area (Å²) in [7, 11) is 0. The monoisotopic (exact) mass is 225 g/mol. The van der Waals surface area contributed by atoms with Crippen LogP contribution in [-0.2, 0) is 11.2 Å². The van der Waals surface area contributed by atoms with Crippen molar-refractivity contribution >= 4 is 6.09 Å². The predicted molar refractivity (Wildman–Crippen MR) is 56.3 cm³/mol. The molecule has 17 heavy (non-hydrogen) atoms. The minimum Gasteiger partial charge on any atom is -0.860 e. The van der Waals surface area contributed by atoms with Crippen molar-refractivity contribution in [2.75, 3.05) is 6.61 Å². The Morgan fingerprint density at radius 3 is 2.71 bits per heavy atom. The van der Waals surface area contributed by atoms with E-state index in [2.05, 4.69) is 6.58 Å². The van der Waals surface area contributed by atoms with Crippen molar-refractivity contribution in [3.63, 3.8) is 0 Å². The molecule has 1 heterocycles. The summed E-state index contributed by atoms with van der Waals surface area (Å²) < 4.78 is 4.84. The topological polar surface area (TPSA) is 52.6 Å². The molecule has 0 radical (unpaired) electrons. The number of cyclic esters (lactones) is 1. The van der Waals surface area contributed by atoms with Crippen LogP contribution in [0.3, 0.4) is 0 Å². The van der Waals surface area contributed by atoms with Crippen LogP contribution in [0.4, 0.5) is 4.79 Å². The van der Waals surface area contributed by atoms with Gasteiger partial charge in [-0.05, 0) is 17.9 Å². The summed E-state index contributed by atoms with van der Waals surface area (Å²) in [5, 5.41) is 11.2.